The van der Waals surface area contributed by atoms with Gasteiger partial charge in [-0.1, -0.05) is 66.2 Å². The van der Waals surface area contributed by atoms with E-state index in [0.29, 0.717) is 5.69 Å². The van der Waals surface area contributed by atoms with E-state index in [1.165, 1.54) is 0 Å². The number of nitrogens with zero attached hydrogens (tertiary/aromatic N) is 1. The monoisotopic (exact) mass is 621 g/mol. The Morgan fingerprint density at radius 2 is 1.61 bits per heavy atom. The van der Waals surface area contributed by atoms with Crippen LogP contribution in [0, 0.1) is 13.8 Å². The van der Waals surface area contributed by atoms with Crippen LogP contribution >= 0.6 is 0 Å². The van der Waals surface area contributed by atoms with E-state index < -0.39 is 23.8 Å². The topological polar surface area (TPSA) is 108 Å². The van der Waals surface area contributed by atoms with Crippen molar-refractivity contribution >= 4 is 34.4 Å². The van der Waals surface area contributed by atoms with Crippen LogP contribution in [0.25, 0.3) is 10.8 Å². The van der Waals surface area contributed by atoms with Crippen LogP contribution in [0.2, 0.25) is 0 Å². The Labute approximate surface area is 270 Å². The van der Waals surface area contributed by atoms with E-state index in [1.807, 2.05) is 74.5 Å². The first kappa shape index (κ1) is 32.5. The zero-order valence-electron chi connectivity index (χ0n) is 27.2. The SMILES string of the molecule is Cc1ccc(C(C(=O)Nc2ccc3ccccc3c2)N(C(=O)C(Cc2ccc(O)cc2)NC(=O)OC(C)(C)C)C2CCC2)c(C)c1. The highest BCUT2D eigenvalue weighted by Gasteiger charge is 2.42. The number of carbonyl (C=O) groups excluding carboxylic acids is 3. The predicted octanol–water partition coefficient (Wildman–Crippen LogP) is 7.36. The maximum absolute atomic E-state index is 14.8. The number of phenolic OH excluding ortho intramolecular Hbond substituents is 1. The van der Waals surface area contributed by atoms with E-state index in [2.05, 4.69) is 10.6 Å². The van der Waals surface area contributed by atoms with Gasteiger partial charge >= 0.3 is 6.09 Å². The van der Waals surface area contributed by atoms with Crippen LogP contribution in [0.5, 0.6) is 5.75 Å². The van der Waals surface area contributed by atoms with E-state index in [1.54, 1.807) is 49.9 Å². The summed E-state index contributed by atoms with van der Waals surface area (Å²) in [5.41, 5.74) is 3.27. The highest BCUT2D eigenvalue weighted by Crippen LogP contribution is 2.36. The Bertz CT molecular complexity index is 1720. The molecule has 4 aromatic rings. The predicted molar refractivity (Wildman–Crippen MR) is 181 cm³/mol. The molecule has 8 nitrogen and oxygen atoms in total. The molecule has 0 aliphatic heterocycles. The van der Waals surface area contributed by atoms with Crippen molar-refractivity contribution in [1.29, 1.82) is 0 Å². The number of hydrogen-bond donors (Lipinski definition) is 3. The fourth-order valence-electron chi connectivity index (χ4n) is 5.91. The zero-order chi connectivity index (χ0) is 33.0. The summed E-state index contributed by atoms with van der Waals surface area (Å²) < 4.78 is 5.55. The summed E-state index contributed by atoms with van der Waals surface area (Å²) in [6.45, 7) is 9.23. The minimum absolute atomic E-state index is 0.100. The summed E-state index contributed by atoms with van der Waals surface area (Å²) in [7, 11) is 0. The number of benzene rings is 4. The van der Waals surface area contributed by atoms with Gasteiger partial charge in [-0.25, -0.2) is 4.79 Å². The van der Waals surface area contributed by atoms with E-state index in [0.717, 1.165) is 52.3 Å². The number of ether oxygens (including phenoxy) is 1. The van der Waals surface area contributed by atoms with E-state index >= 15 is 0 Å². The lowest BCUT2D eigenvalue weighted by molar-refractivity contribution is -0.145. The summed E-state index contributed by atoms with van der Waals surface area (Å²) in [5, 5.41) is 17.8. The molecule has 4 aromatic carbocycles. The second kappa shape index (κ2) is 13.6. The Kier molecular flexibility index (Phi) is 9.65. The van der Waals surface area contributed by atoms with Gasteiger partial charge in [0.1, 0.15) is 23.4 Å². The molecule has 0 radical (unpaired) electrons. The quantitative estimate of drug-likeness (QED) is 0.181. The van der Waals surface area contributed by atoms with Crippen LogP contribution in [0.3, 0.4) is 0 Å². The summed E-state index contributed by atoms with van der Waals surface area (Å²) in [6, 6.07) is 23.9. The number of amides is 3. The summed E-state index contributed by atoms with van der Waals surface area (Å²) in [4.78, 5) is 44.0. The third-order valence-corrected chi connectivity index (χ3v) is 8.35. The third kappa shape index (κ3) is 7.86. The number of anilines is 1. The number of nitrogens with one attached hydrogen (secondary N) is 2. The Hall–Kier alpha value is -4.85. The number of alkyl carbamates (subject to hydrolysis) is 1. The van der Waals surface area contributed by atoms with Gasteiger partial charge in [0.2, 0.25) is 5.91 Å². The first-order valence-electron chi connectivity index (χ1n) is 15.8. The largest absolute Gasteiger partial charge is 0.508 e. The van der Waals surface area contributed by atoms with E-state index in [9.17, 15) is 19.5 Å². The highest BCUT2D eigenvalue weighted by molar-refractivity contribution is 6.00. The summed E-state index contributed by atoms with van der Waals surface area (Å²) in [5.74, 6) is -0.603. The van der Waals surface area contributed by atoms with Crippen LogP contribution < -0.4 is 10.6 Å². The number of aromatic hydroxyl groups is 1. The molecule has 0 bridgehead atoms. The average molecular weight is 622 g/mol. The molecule has 3 N–H and O–H groups in total. The molecule has 2 unspecified atom stereocenters. The maximum atomic E-state index is 14.8. The second-order valence-electron chi connectivity index (χ2n) is 13.2. The van der Waals surface area contributed by atoms with Crippen molar-refractivity contribution in [2.24, 2.45) is 0 Å². The van der Waals surface area contributed by atoms with Crippen molar-refractivity contribution in [2.45, 2.75) is 84.0 Å². The highest BCUT2D eigenvalue weighted by atomic mass is 16.6. The smallest absolute Gasteiger partial charge is 0.408 e. The summed E-state index contributed by atoms with van der Waals surface area (Å²) in [6.07, 6.45) is 1.85. The van der Waals surface area contributed by atoms with Crippen molar-refractivity contribution in [1.82, 2.24) is 10.2 Å². The van der Waals surface area contributed by atoms with Crippen molar-refractivity contribution in [3.05, 3.63) is 107 Å². The van der Waals surface area contributed by atoms with E-state index in [-0.39, 0.29) is 30.0 Å². The molecule has 1 aliphatic rings. The second-order valence-corrected chi connectivity index (χ2v) is 13.2. The fourth-order valence-corrected chi connectivity index (χ4v) is 5.91. The molecule has 1 aliphatic carbocycles. The van der Waals surface area contributed by atoms with Crippen LogP contribution in [0.4, 0.5) is 10.5 Å². The first-order chi connectivity index (χ1) is 21.9. The lowest BCUT2D eigenvalue weighted by atomic mass is 9.86. The zero-order valence-corrected chi connectivity index (χ0v) is 27.2. The van der Waals surface area contributed by atoms with Gasteiger partial charge in [0.15, 0.2) is 0 Å². The van der Waals surface area contributed by atoms with Crippen molar-refractivity contribution in [2.75, 3.05) is 5.32 Å². The van der Waals surface area contributed by atoms with Gasteiger partial charge in [0, 0.05) is 18.2 Å². The maximum Gasteiger partial charge on any atom is 0.408 e. The number of rotatable bonds is 9. The molecule has 0 saturated heterocycles. The van der Waals surface area contributed by atoms with Crippen molar-refractivity contribution in [3.63, 3.8) is 0 Å². The van der Waals surface area contributed by atoms with Crippen LogP contribution in [0.1, 0.15) is 68.3 Å². The molecule has 46 heavy (non-hydrogen) atoms. The number of carbonyl (C=O) groups is 3. The van der Waals surface area contributed by atoms with Crippen molar-refractivity contribution < 1.29 is 24.2 Å². The Morgan fingerprint density at radius 3 is 2.24 bits per heavy atom. The molecular formula is C38H43N3O5. The lowest BCUT2D eigenvalue weighted by Gasteiger charge is -2.44. The normalized spacial score (nSPS) is 14.5. The fraction of sp³-hybridized carbons (Fsp3) is 0.342. The molecule has 2 atom stereocenters. The average Bonchev–Trinajstić information content (AvgIpc) is 2.96. The lowest BCUT2D eigenvalue weighted by Crippen LogP contribution is -2.57. The Morgan fingerprint density at radius 1 is 0.913 bits per heavy atom. The van der Waals surface area contributed by atoms with Crippen LogP contribution in [0.15, 0.2) is 84.9 Å². The van der Waals surface area contributed by atoms with Gasteiger partial charge in [-0.3, -0.25) is 9.59 Å². The number of fused-ring (bicyclic) bond motifs is 1. The number of phenols is 1. The Balaban J connectivity index is 1.55. The van der Waals surface area contributed by atoms with Gasteiger partial charge in [-0.05, 0) is 106 Å². The molecular weight excluding hydrogens is 578 g/mol. The molecule has 0 aromatic heterocycles. The third-order valence-electron chi connectivity index (χ3n) is 8.35. The van der Waals surface area contributed by atoms with Crippen molar-refractivity contribution in [3.8, 4) is 5.75 Å². The molecule has 0 heterocycles. The van der Waals surface area contributed by atoms with E-state index in [4.69, 9.17) is 4.74 Å². The standard InChI is InChI=1S/C38H43N3O5/c1-24-13-20-32(25(2)21-24)34(35(43)39-29-17-16-27-9-6-7-10-28(27)23-29)41(30-11-8-12-30)36(44)33(40-37(45)46-38(3,4)5)22-26-14-18-31(42)19-15-26/h6-7,9-10,13-21,23,30,33-34,42H,8,11-12,22H2,1-5H3,(H,39,43)(H,40,45). The van der Waals surface area contributed by atoms with Gasteiger partial charge in [-0.15, -0.1) is 0 Å². The minimum atomic E-state index is -1.03. The molecule has 0 spiro atoms. The number of aryl methyl sites for hydroxylation is 2. The molecule has 8 heteroatoms. The van der Waals surface area contributed by atoms with Gasteiger partial charge in [0.25, 0.3) is 5.91 Å². The molecule has 5 rings (SSSR count). The first-order valence-corrected chi connectivity index (χ1v) is 15.8. The molecule has 1 fully saturated rings. The molecule has 3 amide bonds. The van der Waals surface area contributed by atoms with Crippen LogP contribution in [-0.4, -0.2) is 45.6 Å². The summed E-state index contributed by atoms with van der Waals surface area (Å²) >= 11 is 0. The van der Waals surface area contributed by atoms with Gasteiger partial charge in [-0.2, -0.15) is 0 Å². The number of hydrogen-bond acceptors (Lipinski definition) is 5. The van der Waals surface area contributed by atoms with Crippen LogP contribution in [-0.2, 0) is 20.7 Å². The van der Waals surface area contributed by atoms with Gasteiger partial charge < -0.3 is 25.4 Å². The van der Waals surface area contributed by atoms with Gasteiger partial charge in [0.05, 0.1) is 0 Å². The minimum Gasteiger partial charge on any atom is -0.508 e. The molecule has 1 saturated carbocycles. The molecule has 240 valence electrons.